The third kappa shape index (κ3) is 16.1. The largest absolute Gasteiger partial charge is 1.00 e. The Balaban J connectivity index is -0.000000239. The van der Waals surface area contributed by atoms with Gasteiger partial charge in [-0.2, -0.15) is 17.7 Å². The topological polar surface area (TPSA) is 23.8 Å². The van der Waals surface area contributed by atoms with Crippen LogP contribution in [0.2, 0.25) is 13.1 Å². The Morgan fingerprint density at radius 1 is 1.05 bits per heavy atom. The molecule has 2 rings (SSSR count). The number of aryl methyl sites for hydroxylation is 3. The second kappa shape index (κ2) is 14.8. The number of hydrogen-bond acceptors (Lipinski definition) is 0. The molecule has 0 radical (unpaired) electrons. The molecule has 0 bridgehead atoms. The van der Waals surface area contributed by atoms with E-state index in [-0.39, 0.29) is 31.0 Å². The fourth-order valence-electron chi connectivity index (χ4n) is 1.21. The van der Waals surface area contributed by atoms with Gasteiger partial charge in [-0.15, -0.1) is 5.69 Å². The standard InChI is InChI=1S/C8H10N.C6H7.C2H6Si.2ClH.Ti/c1-6-3-4-7(2)8(9)5-6;1-6-4-2-3-5-6;1-3-2;;;/h3-5,9H,1-2H3;2-5H,1H3;1-2H3;2*1H;/q2*-1;;;;+2/p-2. The van der Waals surface area contributed by atoms with Crippen molar-refractivity contribution in [2.75, 3.05) is 0 Å². The summed E-state index contributed by atoms with van der Waals surface area (Å²) in [6.45, 7) is 10.6. The molecule has 1 N–H and O–H groups in total. The fourth-order valence-corrected chi connectivity index (χ4v) is 1.21. The van der Waals surface area contributed by atoms with Gasteiger partial charge >= 0.3 is 38.5 Å². The first-order chi connectivity index (χ1) is 8.82. The van der Waals surface area contributed by atoms with E-state index in [4.69, 9.17) is 5.73 Å². The first kappa shape index (κ1) is 25.8. The molecule has 0 atom stereocenters. The van der Waals surface area contributed by atoms with Crippen molar-refractivity contribution in [2.45, 2.75) is 33.9 Å². The molecule has 0 amide bonds. The number of nitrogens with one attached hydrogen (secondary N) is 1. The van der Waals surface area contributed by atoms with E-state index in [1.165, 1.54) is 5.56 Å². The molecule has 0 unspecified atom stereocenters. The van der Waals surface area contributed by atoms with Crippen LogP contribution in [0.3, 0.4) is 0 Å². The van der Waals surface area contributed by atoms with Gasteiger partial charge in [0, 0.05) is 0 Å². The minimum absolute atomic E-state index is 0. The summed E-state index contributed by atoms with van der Waals surface area (Å²) in [5, 5.41) is 0. The van der Waals surface area contributed by atoms with Crippen molar-refractivity contribution in [3.8, 4) is 0 Å². The van der Waals surface area contributed by atoms with Crippen LogP contribution in [-0.4, -0.2) is 6.19 Å². The zero-order valence-electron chi connectivity index (χ0n) is 13.3. The predicted molar refractivity (Wildman–Crippen MR) is 84.2 cm³/mol. The summed E-state index contributed by atoms with van der Waals surface area (Å²) in [6.07, 6.45) is 0.120. The van der Waals surface area contributed by atoms with Crippen LogP contribution >= 0.6 is 0 Å². The van der Waals surface area contributed by atoms with E-state index in [1.54, 1.807) is 0 Å². The normalized spacial score (nSPS) is 7.95. The maximum absolute atomic E-state index is 7.36. The van der Waals surface area contributed by atoms with Gasteiger partial charge in [-0.3, -0.25) is 0 Å². The van der Waals surface area contributed by atoms with Gasteiger partial charge in [0.25, 0.3) is 0 Å². The van der Waals surface area contributed by atoms with Crippen molar-refractivity contribution >= 4 is 11.9 Å². The van der Waals surface area contributed by atoms with Crippen LogP contribution in [-0.2, 0) is 19.2 Å². The zero-order valence-corrected chi connectivity index (χ0v) is 17.4. The Bertz CT molecular complexity index is 495. The Morgan fingerprint density at radius 3 is 1.71 bits per heavy atom. The Kier molecular flexibility index (Phi) is 18.2. The maximum Gasteiger partial charge on any atom is -0.0398 e. The van der Waals surface area contributed by atoms with Gasteiger partial charge in [-0.05, 0) is 13.8 Å². The van der Waals surface area contributed by atoms with Gasteiger partial charge in [0.05, 0.1) is 0 Å². The Labute approximate surface area is 154 Å². The second-order valence-electron chi connectivity index (χ2n) is 4.78. The van der Waals surface area contributed by atoms with E-state index >= 15 is 0 Å². The summed E-state index contributed by atoms with van der Waals surface area (Å²) in [4.78, 5) is 0. The van der Waals surface area contributed by atoms with Crippen molar-refractivity contribution < 1.29 is 44.0 Å². The summed E-state index contributed by atoms with van der Waals surface area (Å²) in [5.41, 5.74) is 11.5. The van der Waals surface area contributed by atoms with Crippen LogP contribution in [0.25, 0.3) is 5.73 Å². The summed E-state index contributed by atoms with van der Waals surface area (Å²) >= 11 is 2.27. The minimum atomic E-state index is 0. The Hall–Kier alpha value is -0.119. The predicted octanol–water partition coefficient (Wildman–Crippen LogP) is -0.507. The molecule has 2 aromatic rings. The molecule has 0 aliphatic heterocycles. The molecule has 116 valence electrons. The van der Waals surface area contributed by atoms with E-state index in [9.17, 15) is 0 Å². The number of hydrogen-bond donors (Lipinski definition) is 0. The number of rotatable bonds is 0. The maximum atomic E-state index is 7.36. The molecular weight excluding hydrogens is 353 g/mol. The summed E-state index contributed by atoms with van der Waals surface area (Å²) in [7, 11) is 0. The van der Waals surface area contributed by atoms with E-state index in [0.717, 1.165) is 11.1 Å². The van der Waals surface area contributed by atoms with Crippen LogP contribution < -0.4 is 24.8 Å². The molecule has 0 aromatic heterocycles. The van der Waals surface area contributed by atoms with Crippen molar-refractivity contribution in [3.05, 3.63) is 64.9 Å². The molecule has 21 heavy (non-hydrogen) atoms. The van der Waals surface area contributed by atoms with E-state index in [2.05, 4.69) is 51.3 Å². The summed E-state index contributed by atoms with van der Waals surface area (Å²) in [6, 6.07) is 14.1. The first-order valence-corrected chi connectivity index (χ1v) is 11.2. The van der Waals surface area contributed by atoms with Crippen LogP contribution in [0, 0.1) is 20.8 Å². The van der Waals surface area contributed by atoms with Gasteiger partial charge in [0.1, 0.15) is 0 Å². The molecule has 0 saturated carbocycles. The third-order valence-electron chi connectivity index (χ3n) is 2.22. The fraction of sp³-hybridized carbons (Fsp3) is 0.312. The second-order valence-corrected chi connectivity index (χ2v) is 11.5. The van der Waals surface area contributed by atoms with E-state index in [0.29, 0.717) is 5.69 Å². The average molecular weight is 376 g/mol. The molecule has 0 aliphatic carbocycles. The molecule has 0 heterocycles. The zero-order chi connectivity index (χ0) is 14.8. The average Bonchev–Trinajstić information content (AvgIpc) is 2.75. The minimum Gasteiger partial charge on any atom is -1.00 e. The van der Waals surface area contributed by atoms with Gasteiger partial charge in [-0.1, -0.05) is 36.2 Å². The molecule has 2 aromatic carbocycles. The van der Waals surface area contributed by atoms with Gasteiger partial charge in [0.2, 0.25) is 0 Å². The molecule has 0 saturated heterocycles. The molecule has 5 heteroatoms. The number of halogens is 2. The smallest absolute Gasteiger partial charge is 0.0398 e. The van der Waals surface area contributed by atoms with Crippen molar-refractivity contribution in [1.82, 2.24) is 0 Å². The van der Waals surface area contributed by atoms with Crippen molar-refractivity contribution in [3.63, 3.8) is 0 Å². The van der Waals surface area contributed by atoms with Crippen LogP contribution in [0.1, 0.15) is 16.7 Å². The molecule has 0 spiro atoms. The molecular formula is C16H23Cl2NSiTi-2. The van der Waals surface area contributed by atoms with Crippen LogP contribution in [0.4, 0.5) is 5.69 Å². The summed E-state index contributed by atoms with van der Waals surface area (Å²) < 4.78 is 0. The monoisotopic (exact) mass is 375 g/mol. The van der Waals surface area contributed by atoms with Gasteiger partial charge in [-0.25, -0.2) is 12.1 Å². The SMILES string of the molecule is C[Si](C)=[Ti+2].C[c-]1cccc1.Cc1ccc(C)c([NH-])c1.[Cl-].[Cl-]. The molecule has 0 fully saturated rings. The van der Waals surface area contributed by atoms with Crippen molar-refractivity contribution in [2.24, 2.45) is 0 Å². The van der Waals surface area contributed by atoms with Gasteiger partial charge < -0.3 is 30.5 Å². The molecule has 1 nitrogen and oxygen atoms in total. The van der Waals surface area contributed by atoms with Crippen molar-refractivity contribution in [1.29, 1.82) is 0 Å². The number of benzene rings is 1. The Morgan fingerprint density at radius 2 is 1.48 bits per heavy atom. The summed E-state index contributed by atoms with van der Waals surface area (Å²) in [5.74, 6) is 0. The van der Waals surface area contributed by atoms with Crippen LogP contribution in [0.15, 0.2) is 42.5 Å². The van der Waals surface area contributed by atoms with E-state index < -0.39 is 0 Å². The first-order valence-electron chi connectivity index (χ1n) is 6.32. The van der Waals surface area contributed by atoms with E-state index in [1.807, 2.05) is 44.2 Å². The van der Waals surface area contributed by atoms with Gasteiger partial charge in [0.15, 0.2) is 0 Å². The quantitative estimate of drug-likeness (QED) is 0.437. The third-order valence-corrected chi connectivity index (χ3v) is 2.22. The molecule has 0 aliphatic rings. The van der Waals surface area contributed by atoms with Crippen LogP contribution in [0.5, 0.6) is 0 Å².